The summed E-state index contributed by atoms with van der Waals surface area (Å²) >= 11 is 18.4. The molecular weight excluding hydrogens is 301 g/mol. The highest BCUT2D eigenvalue weighted by Crippen LogP contribution is 2.30. The first-order valence-electron chi connectivity index (χ1n) is 6.00. The van der Waals surface area contributed by atoms with Crippen LogP contribution in [0.4, 0.5) is 0 Å². The van der Waals surface area contributed by atoms with E-state index in [9.17, 15) is 0 Å². The van der Waals surface area contributed by atoms with Crippen molar-refractivity contribution < 1.29 is 0 Å². The molecule has 0 spiro atoms. The fraction of sp³-hybridized carbons (Fsp3) is 0.200. The molecule has 0 saturated heterocycles. The average Bonchev–Trinajstić information content (AvgIpc) is 2.41. The molecule has 1 nitrogen and oxygen atoms in total. The van der Waals surface area contributed by atoms with Crippen molar-refractivity contribution >= 4 is 34.8 Å². The van der Waals surface area contributed by atoms with Crippen molar-refractivity contribution in [1.82, 2.24) is 0 Å². The molecule has 4 heteroatoms. The van der Waals surface area contributed by atoms with E-state index in [0.29, 0.717) is 16.6 Å². The van der Waals surface area contributed by atoms with Crippen LogP contribution < -0.4 is 5.73 Å². The Morgan fingerprint density at radius 2 is 1.68 bits per heavy atom. The van der Waals surface area contributed by atoms with Gasteiger partial charge in [0, 0.05) is 21.0 Å². The molecule has 0 heterocycles. The summed E-state index contributed by atoms with van der Waals surface area (Å²) in [4.78, 5) is 0. The molecule has 0 aliphatic rings. The van der Waals surface area contributed by atoms with Crippen molar-refractivity contribution in [1.29, 1.82) is 0 Å². The summed E-state index contributed by atoms with van der Waals surface area (Å²) in [7, 11) is 0. The fourth-order valence-electron chi connectivity index (χ4n) is 2.09. The molecule has 2 aromatic carbocycles. The largest absolute Gasteiger partial charge is 0.330 e. The highest BCUT2D eigenvalue weighted by Gasteiger charge is 2.15. The molecule has 100 valence electrons. The van der Waals surface area contributed by atoms with Crippen LogP contribution in [-0.4, -0.2) is 6.54 Å². The molecule has 0 aliphatic carbocycles. The molecule has 0 radical (unpaired) electrons. The predicted octanol–water partition coefficient (Wildman–Crippen LogP) is 4.93. The molecule has 2 aromatic rings. The van der Waals surface area contributed by atoms with Gasteiger partial charge in [-0.2, -0.15) is 0 Å². The van der Waals surface area contributed by atoms with E-state index in [4.69, 9.17) is 40.5 Å². The van der Waals surface area contributed by atoms with Crippen LogP contribution in [-0.2, 0) is 6.42 Å². The van der Waals surface area contributed by atoms with Gasteiger partial charge in [-0.1, -0.05) is 53.0 Å². The molecule has 0 bridgehead atoms. The second kappa shape index (κ2) is 6.62. The number of hydrogen-bond acceptors (Lipinski definition) is 1. The highest BCUT2D eigenvalue weighted by molar-refractivity contribution is 6.33. The van der Waals surface area contributed by atoms with E-state index < -0.39 is 0 Å². The summed E-state index contributed by atoms with van der Waals surface area (Å²) < 4.78 is 0. The third kappa shape index (κ3) is 3.64. The van der Waals surface area contributed by atoms with Gasteiger partial charge in [0.05, 0.1) is 0 Å². The number of hydrogen-bond donors (Lipinski definition) is 1. The molecule has 0 amide bonds. The first-order chi connectivity index (χ1) is 9.11. The molecule has 0 aliphatic heterocycles. The van der Waals surface area contributed by atoms with Crippen molar-refractivity contribution in [2.75, 3.05) is 6.54 Å². The average molecular weight is 315 g/mol. The van der Waals surface area contributed by atoms with Gasteiger partial charge in [0.25, 0.3) is 0 Å². The topological polar surface area (TPSA) is 26.0 Å². The highest BCUT2D eigenvalue weighted by atomic mass is 35.5. The predicted molar refractivity (Wildman–Crippen MR) is 83.4 cm³/mol. The number of rotatable bonds is 4. The second-order valence-corrected chi connectivity index (χ2v) is 5.64. The van der Waals surface area contributed by atoms with Crippen LogP contribution in [0, 0.1) is 0 Å². The third-order valence-corrected chi connectivity index (χ3v) is 4.05. The van der Waals surface area contributed by atoms with Crippen molar-refractivity contribution in [3.8, 4) is 0 Å². The van der Waals surface area contributed by atoms with Gasteiger partial charge in [-0.3, -0.25) is 0 Å². The summed E-state index contributed by atoms with van der Waals surface area (Å²) in [5.74, 6) is 0.129. The van der Waals surface area contributed by atoms with Gasteiger partial charge < -0.3 is 5.73 Å². The van der Waals surface area contributed by atoms with Crippen LogP contribution in [0.5, 0.6) is 0 Å². The van der Waals surface area contributed by atoms with Gasteiger partial charge in [-0.25, -0.2) is 0 Å². The lowest BCUT2D eigenvalue weighted by Crippen LogP contribution is -2.15. The Hall–Kier alpha value is -0.730. The molecule has 1 atom stereocenters. The second-order valence-electron chi connectivity index (χ2n) is 4.39. The molecule has 2 N–H and O–H groups in total. The lowest BCUT2D eigenvalue weighted by Gasteiger charge is -2.17. The zero-order valence-corrected chi connectivity index (χ0v) is 12.5. The molecule has 1 unspecified atom stereocenters. The maximum atomic E-state index is 6.22. The molecular formula is C15H14Cl3N. The van der Waals surface area contributed by atoms with Crippen molar-refractivity contribution in [2.24, 2.45) is 5.73 Å². The van der Waals surface area contributed by atoms with Gasteiger partial charge in [0.1, 0.15) is 0 Å². The van der Waals surface area contributed by atoms with Crippen LogP contribution in [0.15, 0.2) is 42.5 Å². The summed E-state index contributed by atoms with van der Waals surface area (Å²) in [6.45, 7) is 0.507. The quantitative estimate of drug-likeness (QED) is 0.850. The zero-order chi connectivity index (χ0) is 13.8. The van der Waals surface area contributed by atoms with Gasteiger partial charge >= 0.3 is 0 Å². The van der Waals surface area contributed by atoms with E-state index >= 15 is 0 Å². The number of halogens is 3. The minimum absolute atomic E-state index is 0.129. The Labute approximate surface area is 128 Å². The van der Waals surface area contributed by atoms with Gasteiger partial charge in [0.15, 0.2) is 0 Å². The Morgan fingerprint density at radius 3 is 2.37 bits per heavy atom. The fourth-order valence-corrected chi connectivity index (χ4v) is 2.77. The number of benzene rings is 2. The Balaban J connectivity index is 2.29. The Morgan fingerprint density at radius 1 is 0.947 bits per heavy atom. The minimum Gasteiger partial charge on any atom is -0.330 e. The van der Waals surface area contributed by atoms with Crippen LogP contribution in [0.25, 0.3) is 0 Å². The van der Waals surface area contributed by atoms with Crippen molar-refractivity contribution in [3.63, 3.8) is 0 Å². The van der Waals surface area contributed by atoms with E-state index in [0.717, 1.165) is 22.6 Å². The summed E-state index contributed by atoms with van der Waals surface area (Å²) in [5, 5.41) is 2.11. The van der Waals surface area contributed by atoms with E-state index in [1.807, 2.05) is 30.3 Å². The van der Waals surface area contributed by atoms with E-state index in [1.54, 1.807) is 12.1 Å². The smallest absolute Gasteiger partial charge is 0.0441 e. The van der Waals surface area contributed by atoms with Crippen molar-refractivity contribution in [3.05, 3.63) is 68.7 Å². The normalized spacial score (nSPS) is 12.4. The van der Waals surface area contributed by atoms with Gasteiger partial charge in [0.2, 0.25) is 0 Å². The van der Waals surface area contributed by atoms with Crippen LogP contribution >= 0.6 is 34.8 Å². The van der Waals surface area contributed by atoms with E-state index in [2.05, 4.69) is 0 Å². The standard InChI is InChI=1S/C15H14Cl3N/c16-12-5-6-14(17)10(8-12)7-11(9-19)13-3-1-2-4-15(13)18/h1-6,8,11H,7,9,19H2. The lowest BCUT2D eigenvalue weighted by molar-refractivity contribution is 0.695. The van der Waals surface area contributed by atoms with Crippen LogP contribution in [0.1, 0.15) is 17.0 Å². The molecule has 0 saturated carbocycles. The number of nitrogens with two attached hydrogens (primary N) is 1. The molecule has 19 heavy (non-hydrogen) atoms. The molecule has 2 rings (SSSR count). The summed E-state index contributed by atoms with van der Waals surface area (Å²) in [6, 6.07) is 13.2. The third-order valence-electron chi connectivity index (χ3n) is 3.10. The first-order valence-corrected chi connectivity index (χ1v) is 7.13. The molecule has 0 aromatic heterocycles. The van der Waals surface area contributed by atoms with E-state index in [-0.39, 0.29) is 5.92 Å². The summed E-state index contributed by atoms with van der Waals surface area (Å²) in [5.41, 5.74) is 7.91. The first kappa shape index (κ1) is 14.7. The van der Waals surface area contributed by atoms with Gasteiger partial charge in [-0.15, -0.1) is 0 Å². The maximum absolute atomic E-state index is 6.22. The Bertz CT molecular complexity index is 569. The maximum Gasteiger partial charge on any atom is 0.0441 e. The lowest BCUT2D eigenvalue weighted by atomic mass is 9.92. The van der Waals surface area contributed by atoms with Crippen LogP contribution in [0.3, 0.4) is 0 Å². The minimum atomic E-state index is 0.129. The van der Waals surface area contributed by atoms with Gasteiger partial charge in [-0.05, 0) is 48.4 Å². The van der Waals surface area contributed by atoms with E-state index in [1.165, 1.54) is 0 Å². The van der Waals surface area contributed by atoms with Crippen LogP contribution in [0.2, 0.25) is 15.1 Å². The monoisotopic (exact) mass is 313 g/mol. The zero-order valence-electron chi connectivity index (χ0n) is 10.2. The SMILES string of the molecule is NCC(Cc1cc(Cl)ccc1Cl)c1ccccc1Cl. The summed E-state index contributed by atoms with van der Waals surface area (Å²) in [6.07, 6.45) is 0.722. The van der Waals surface area contributed by atoms with Crippen molar-refractivity contribution in [2.45, 2.75) is 12.3 Å². The molecule has 0 fully saturated rings. The Kier molecular flexibility index (Phi) is 5.12.